The first kappa shape index (κ1) is 13.5. The van der Waals surface area contributed by atoms with Crippen LogP contribution in [0.2, 0.25) is 0 Å². The molecule has 3 N–H and O–H groups in total. The minimum absolute atomic E-state index is 0.0678. The summed E-state index contributed by atoms with van der Waals surface area (Å²) in [6, 6.07) is 6.65. The van der Waals surface area contributed by atoms with Crippen molar-refractivity contribution >= 4 is 5.91 Å². The lowest BCUT2D eigenvalue weighted by atomic mass is 10.1. The van der Waals surface area contributed by atoms with E-state index in [9.17, 15) is 9.18 Å². The number of hydrogen-bond donors (Lipinski definition) is 3. The Morgan fingerprint density at radius 2 is 2.32 bits per heavy atom. The zero-order valence-electron chi connectivity index (χ0n) is 12.0. The van der Waals surface area contributed by atoms with E-state index >= 15 is 0 Å². The van der Waals surface area contributed by atoms with Gasteiger partial charge in [-0.15, -0.1) is 0 Å². The lowest BCUT2D eigenvalue weighted by molar-refractivity contribution is 0.0944. The highest BCUT2D eigenvalue weighted by Crippen LogP contribution is 2.41. The molecule has 6 heteroatoms. The van der Waals surface area contributed by atoms with Gasteiger partial charge in [-0.3, -0.25) is 9.89 Å². The lowest BCUT2D eigenvalue weighted by Crippen LogP contribution is -2.30. The average molecular weight is 300 g/mol. The van der Waals surface area contributed by atoms with Crippen molar-refractivity contribution in [3.8, 4) is 0 Å². The zero-order chi connectivity index (χ0) is 15.1. The topological polar surface area (TPSA) is 69.8 Å². The molecule has 5 nitrogen and oxygen atoms in total. The van der Waals surface area contributed by atoms with E-state index in [0.717, 1.165) is 36.2 Å². The summed E-state index contributed by atoms with van der Waals surface area (Å²) in [5.41, 5.74) is 3.43. The minimum Gasteiger partial charge on any atom is -0.347 e. The van der Waals surface area contributed by atoms with Crippen molar-refractivity contribution in [2.24, 2.45) is 0 Å². The summed E-state index contributed by atoms with van der Waals surface area (Å²) < 4.78 is 13.2. The van der Waals surface area contributed by atoms with E-state index in [0.29, 0.717) is 12.2 Å². The van der Waals surface area contributed by atoms with Crippen molar-refractivity contribution in [1.82, 2.24) is 20.8 Å². The minimum atomic E-state index is -0.234. The number of aromatic amines is 1. The quantitative estimate of drug-likeness (QED) is 0.804. The molecule has 1 aromatic carbocycles. The molecule has 2 aromatic rings. The fraction of sp³-hybridized carbons (Fsp3) is 0.375. The Kier molecular flexibility index (Phi) is 3.18. The molecule has 4 rings (SSSR count). The van der Waals surface area contributed by atoms with Crippen LogP contribution in [0, 0.1) is 5.82 Å². The van der Waals surface area contributed by atoms with Crippen LogP contribution in [0.15, 0.2) is 24.3 Å². The summed E-state index contributed by atoms with van der Waals surface area (Å²) in [6.45, 7) is 1.58. The van der Waals surface area contributed by atoms with E-state index in [2.05, 4.69) is 20.8 Å². The van der Waals surface area contributed by atoms with Crippen molar-refractivity contribution in [3.05, 3.63) is 52.6 Å². The van der Waals surface area contributed by atoms with Crippen LogP contribution in [-0.4, -0.2) is 28.7 Å². The van der Waals surface area contributed by atoms with E-state index < -0.39 is 0 Å². The van der Waals surface area contributed by atoms with Gasteiger partial charge in [-0.1, -0.05) is 12.1 Å². The Morgan fingerprint density at radius 3 is 3.18 bits per heavy atom. The molecule has 114 valence electrons. The molecule has 2 unspecified atom stereocenters. The molecule has 1 saturated carbocycles. The molecule has 0 bridgehead atoms. The fourth-order valence-electron chi connectivity index (χ4n) is 3.11. The summed E-state index contributed by atoms with van der Waals surface area (Å²) in [5, 5.41) is 13.4. The fourth-order valence-corrected chi connectivity index (χ4v) is 3.11. The molecule has 2 atom stereocenters. The molecule has 0 radical (unpaired) electrons. The SMILES string of the molecule is O=C(NC1CC1c1cccc(F)c1)c1n[nH]c2c1CNCC2. The smallest absolute Gasteiger partial charge is 0.272 e. The molecule has 2 aliphatic rings. The normalized spacial score (nSPS) is 23.0. The molecule has 1 aliphatic heterocycles. The summed E-state index contributed by atoms with van der Waals surface area (Å²) >= 11 is 0. The number of rotatable bonds is 3. The van der Waals surface area contributed by atoms with Gasteiger partial charge in [0.05, 0.1) is 0 Å². The van der Waals surface area contributed by atoms with Gasteiger partial charge in [0.15, 0.2) is 5.69 Å². The second-order valence-corrected chi connectivity index (χ2v) is 5.93. The number of nitrogens with one attached hydrogen (secondary N) is 3. The van der Waals surface area contributed by atoms with E-state index in [4.69, 9.17) is 0 Å². The first-order valence-electron chi connectivity index (χ1n) is 7.55. The molecule has 22 heavy (non-hydrogen) atoms. The molecule has 2 heterocycles. The highest BCUT2D eigenvalue weighted by molar-refractivity contribution is 5.94. The number of amides is 1. The maximum Gasteiger partial charge on any atom is 0.272 e. The molecular weight excluding hydrogens is 283 g/mol. The van der Waals surface area contributed by atoms with Crippen LogP contribution in [0.4, 0.5) is 4.39 Å². The number of carbonyl (C=O) groups excluding carboxylic acids is 1. The van der Waals surface area contributed by atoms with Crippen LogP contribution < -0.4 is 10.6 Å². The van der Waals surface area contributed by atoms with Crippen LogP contribution in [-0.2, 0) is 13.0 Å². The Hall–Kier alpha value is -2.21. The number of fused-ring (bicyclic) bond motifs is 1. The number of H-pyrrole nitrogens is 1. The number of benzene rings is 1. The van der Waals surface area contributed by atoms with E-state index in [1.165, 1.54) is 12.1 Å². The third-order valence-corrected chi connectivity index (χ3v) is 4.41. The Bertz CT molecular complexity index is 727. The first-order valence-corrected chi connectivity index (χ1v) is 7.55. The molecule has 1 fully saturated rings. The lowest BCUT2D eigenvalue weighted by Gasteiger charge is -2.12. The average Bonchev–Trinajstić information content (AvgIpc) is 3.15. The third kappa shape index (κ3) is 2.39. The van der Waals surface area contributed by atoms with Crippen LogP contribution in [0.25, 0.3) is 0 Å². The largest absolute Gasteiger partial charge is 0.347 e. The second kappa shape index (κ2) is 5.21. The Balaban J connectivity index is 1.44. The van der Waals surface area contributed by atoms with Crippen molar-refractivity contribution in [3.63, 3.8) is 0 Å². The van der Waals surface area contributed by atoms with E-state index in [-0.39, 0.29) is 23.7 Å². The van der Waals surface area contributed by atoms with Crippen LogP contribution in [0.5, 0.6) is 0 Å². The number of carbonyl (C=O) groups is 1. The highest BCUT2D eigenvalue weighted by atomic mass is 19.1. The summed E-state index contributed by atoms with van der Waals surface area (Å²) in [7, 11) is 0. The van der Waals surface area contributed by atoms with Crippen molar-refractivity contribution < 1.29 is 9.18 Å². The molecule has 1 aliphatic carbocycles. The molecule has 0 saturated heterocycles. The first-order chi connectivity index (χ1) is 10.7. The van der Waals surface area contributed by atoms with Gasteiger partial charge in [0, 0.05) is 42.7 Å². The van der Waals surface area contributed by atoms with E-state index in [1.54, 1.807) is 6.07 Å². The maximum absolute atomic E-state index is 13.2. The number of halogens is 1. The van der Waals surface area contributed by atoms with Crippen LogP contribution in [0.3, 0.4) is 0 Å². The third-order valence-electron chi connectivity index (χ3n) is 4.41. The van der Waals surface area contributed by atoms with Crippen molar-refractivity contribution in [2.75, 3.05) is 6.54 Å². The Labute approximate surface area is 127 Å². The maximum atomic E-state index is 13.2. The molecule has 1 aromatic heterocycles. The van der Waals surface area contributed by atoms with Gasteiger partial charge < -0.3 is 10.6 Å². The molecular formula is C16H17FN4O. The number of aromatic nitrogens is 2. The van der Waals surface area contributed by atoms with Gasteiger partial charge in [0.2, 0.25) is 0 Å². The standard InChI is InChI=1S/C16H17FN4O/c17-10-3-1-2-9(6-10)11-7-14(11)19-16(22)15-12-8-18-5-4-13(12)20-21-15/h1-3,6,11,14,18H,4-5,7-8H2,(H,19,22)(H,20,21). The predicted molar refractivity (Wildman–Crippen MR) is 79.0 cm³/mol. The molecule has 0 spiro atoms. The van der Waals surface area contributed by atoms with Crippen molar-refractivity contribution in [1.29, 1.82) is 0 Å². The number of hydrogen-bond acceptors (Lipinski definition) is 3. The zero-order valence-corrected chi connectivity index (χ0v) is 12.0. The van der Waals surface area contributed by atoms with Crippen molar-refractivity contribution in [2.45, 2.75) is 31.3 Å². The van der Waals surface area contributed by atoms with Crippen LogP contribution >= 0.6 is 0 Å². The predicted octanol–water partition coefficient (Wildman–Crippen LogP) is 1.48. The Morgan fingerprint density at radius 1 is 1.41 bits per heavy atom. The van der Waals surface area contributed by atoms with Gasteiger partial charge in [0.25, 0.3) is 5.91 Å². The summed E-state index contributed by atoms with van der Waals surface area (Å²) in [4.78, 5) is 12.4. The van der Waals surface area contributed by atoms with Gasteiger partial charge in [0.1, 0.15) is 5.82 Å². The molecule has 1 amide bonds. The highest BCUT2D eigenvalue weighted by Gasteiger charge is 2.40. The van der Waals surface area contributed by atoms with Gasteiger partial charge in [-0.25, -0.2) is 4.39 Å². The number of nitrogens with zero attached hydrogens (tertiary/aromatic N) is 1. The van der Waals surface area contributed by atoms with Gasteiger partial charge >= 0.3 is 0 Å². The van der Waals surface area contributed by atoms with Gasteiger partial charge in [-0.2, -0.15) is 5.10 Å². The summed E-state index contributed by atoms with van der Waals surface area (Å²) in [5.74, 6) is -0.181. The van der Waals surface area contributed by atoms with E-state index in [1.807, 2.05) is 6.07 Å². The van der Waals surface area contributed by atoms with Gasteiger partial charge in [-0.05, 0) is 24.1 Å². The van der Waals surface area contributed by atoms with Crippen LogP contribution in [0.1, 0.15) is 39.6 Å². The summed E-state index contributed by atoms with van der Waals surface area (Å²) in [6.07, 6.45) is 1.71. The second-order valence-electron chi connectivity index (χ2n) is 5.93. The monoisotopic (exact) mass is 300 g/mol.